The van der Waals surface area contributed by atoms with Gasteiger partial charge in [-0.15, -0.1) is 0 Å². The molecule has 1 saturated heterocycles. The van der Waals surface area contributed by atoms with Gasteiger partial charge >= 0.3 is 18.0 Å². The maximum atomic E-state index is 15.6. The molecule has 0 spiro atoms. The van der Waals surface area contributed by atoms with Gasteiger partial charge in [-0.2, -0.15) is 13.9 Å². The molecule has 3 rings (SSSR count). The number of rotatable bonds is 6. The van der Waals surface area contributed by atoms with Gasteiger partial charge in [-0.05, 0) is 30.2 Å². The third-order valence-corrected chi connectivity index (χ3v) is 5.16. The number of nitrogens with zero attached hydrogens (tertiary/aromatic N) is 3. The van der Waals surface area contributed by atoms with E-state index >= 15 is 8.78 Å². The van der Waals surface area contributed by atoms with Crippen molar-refractivity contribution >= 4 is 24.1 Å². The van der Waals surface area contributed by atoms with Crippen LogP contribution in [0.3, 0.4) is 0 Å². The number of carbonyl (C=O) groups excluding carboxylic acids is 2. The number of amides is 3. The van der Waals surface area contributed by atoms with Gasteiger partial charge in [0.1, 0.15) is 6.54 Å². The number of nitrogens with two attached hydrogens (primary N) is 1. The lowest BCUT2D eigenvalue weighted by molar-refractivity contribution is -0.169. The fourth-order valence-electron chi connectivity index (χ4n) is 3.54. The van der Waals surface area contributed by atoms with E-state index in [0.29, 0.717) is 5.56 Å². The standard InChI is InChI=1S/C20H15F5N4O4/c1-19(11-4-2-10(3-5-11)8-27-26)17(32)28(9-14(30)31)18(33)29(19)20(24,25)12-6-7-13(21)16(23)15(12)22/h2-8H,9,26H2,1H3,(H,30,31)/t19-/m0/s1. The average molecular weight is 470 g/mol. The van der Waals surface area contributed by atoms with Crippen LogP contribution in [-0.2, 0) is 21.2 Å². The molecule has 0 aromatic heterocycles. The van der Waals surface area contributed by atoms with Crippen LogP contribution in [0.1, 0.15) is 23.6 Å². The number of benzene rings is 2. The molecule has 0 unspecified atom stereocenters. The molecule has 8 nitrogen and oxygen atoms in total. The van der Waals surface area contributed by atoms with E-state index < -0.39 is 59.1 Å². The van der Waals surface area contributed by atoms with Gasteiger partial charge in [-0.3, -0.25) is 14.5 Å². The maximum Gasteiger partial charge on any atom is 0.360 e. The molecule has 1 aliphatic heterocycles. The molecule has 3 amide bonds. The summed E-state index contributed by atoms with van der Waals surface area (Å²) in [7, 11) is 0. The van der Waals surface area contributed by atoms with Crippen LogP contribution < -0.4 is 5.84 Å². The number of carboxylic acid groups (broad SMARTS) is 1. The molecule has 174 valence electrons. The van der Waals surface area contributed by atoms with Crippen LogP contribution in [0.15, 0.2) is 41.5 Å². The summed E-state index contributed by atoms with van der Waals surface area (Å²) >= 11 is 0. The Labute approximate surface area is 182 Å². The monoisotopic (exact) mass is 470 g/mol. The highest BCUT2D eigenvalue weighted by molar-refractivity contribution is 6.09. The largest absolute Gasteiger partial charge is 0.480 e. The van der Waals surface area contributed by atoms with Crippen molar-refractivity contribution in [2.45, 2.75) is 18.5 Å². The topological polar surface area (TPSA) is 116 Å². The molecule has 3 N–H and O–H groups in total. The van der Waals surface area contributed by atoms with Crippen molar-refractivity contribution in [3.8, 4) is 0 Å². The number of imide groups is 1. The van der Waals surface area contributed by atoms with Crippen molar-refractivity contribution < 1.29 is 41.4 Å². The van der Waals surface area contributed by atoms with Crippen LogP contribution in [0.5, 0.6) is 0 Å². The lowest BCUT2D eigenvalue weighted by Crippen LogP contribution is -2.52. The third kappa shape index (κ3) is 3.64. The highest BCUT2D eigenvalue weighted by Crippen LogP contribution is 2.48. The van der Waals surface area contributed by atoms with Crippen LogP contribution in [-0.4, -0.2) is 45.6 Å². The Bertz CT molecular complexity index is 1170. The summed E-state index contributed by atoms with van der Waals surface area (Å²) in [6.45, 7) is -0.370. The van der Waals surface area contributed by atoms with Gasteiger partial charge < -0.3 is 10.9 Å². The zero-order chi connectivity index (χ0) is 24.7. The predicted octanol–water partition coefficient (Wildman–Crippen LogP) is 2.71. The molecule has 0 radical (unpaired) electrons. The van der Waals surface area contributed by atoms with Crippen molar-refractivity contribution in [3.63, 3.8) is 0 Å². The van der Waals surface area contributed by atoms with Crippen LogP contribution >= 0.6 is 0 Å². The molecule has 1 atom stereocenters. The highest BCUT2D eigenvalue weighted by atomic mass is 19.3. The van der Waals surface area contributed by atoms with Crippen LogP contribution in [0.4, 0.5) is 26.7 Å². The molecular formula is C20H15F5N4O4. The zero-order valence-electron chi connectivity index (χ0n) is 16.7. The number of hydrazone groups is 1. The molecular weight excluding hydrogens is 455 g/mol. The second kappa shape index (κ2) is 8.15. The summed E-state index contributed by atoms with van der Waals surface area (Å²) in [6.07, 6.45) is 1.20. The van der Waals surface area contributed by atoms with Crippen LogP contribution in [0.2, 0.25) is 0 Å². The summed E-state index contributed by atoms with van der Waals surface area (Å²) in [5.74, 6) is -4.22. The lowest BCUT2D eigenvalue weighted by atomic mass is 9.88. The number of alkyl halides is 2. The Morgan fingerprint density at radius 3 is 2.27 bits per heavy atom. The summed E-state index contributed by atoms with van der Waals surface area (Å²) < 4.78 is 72.4. The fraction of sp³-hybridized carbons (Fsp3) is 0.200. The third-order valence-electron chi connectivity index (χ3n) is 5.16. The van der Waals surface area contributed by atoms with E-state index in [4.69, 9.17) is 10.9 Å². The van der Waals surface area contributed by atoms with E-state index in [1.54, 1.807) is 0 Å². The Balaban J connectivity index is 2.24. The SMILES string of the molecule is C[C@]1(c2ccc(C=NN)cc2)C(=O)N(CC(=O)O)C(=O)N1C(F)(F)c1ccc(F)c(F)c1F. The van der Waals surface area contributed by atoms with Crippen LogP contribution in [0, 0.1) is 17.5 Å². The Hall–Kier alpha value is -4.03. The lowest BCUT2D eigenvalue weighted by Gasteiger charge is -2.37. The summed E-state index contributed by atoms with van der Waals surface area (Å²) in [6, 6.07) is -1.01. The number of halogens is 5. The molecule has 2 aromatic rings. The molecule has 33 heavy (non-hydrogen) atoms. The van der Waals surface area contributed by atoms with Gasteiger partial charge in [0.2, 0.25) is 0 Å². The van der Waals surface area contributed by atoms with Gasteiger partial charge in [0.05, 0.1) is 11.8 Å². The van der Waals surface area contributed by atoms with Gasteiger partial charge in [0, 0.05) is 0 Å². The Morgan fingerprint density at radius 2 is 1.73 bits per heavy atom. The fourth-order valence-corrected chi connectivity index (χ4v) is 3.54. The molecule has 0 bridgehead atoms. The average Bonchev–Trinajstić information content (AvgIpc) is 2.94. The maximum absolute atomic E-state index is 15.6. The molecule has 13 heteroatoms. The van der Waals surface area contributed by atoms with E-state index in [1.807, 2.05) is 0 Å². The molecule has 1 aliphatic rings. The van der Waals surface area contributed by atoms with E-state index in [-0.39, 0.29) is 27.5 Å². The number of carbonyl (C=O) groups is 3. The first kappa shape index (κ1) is 23.6. The second-order valence-corrected chi connectivity index (χ2v) is 7.14. The minimum Gasteiger partial charge on any atom is -0.480 e. The molecule has 1 fully saturated rings. The summed E-state index contributed by atoms with van der Waals surface area (Å²) in [5.41, 5.74) is -4.08. The quantitative estimate of drug-likeness (QED) is 0.128. The number of hydrogen-bond donors (Lipinski definition) is 2. The first-order valence-electron chi connectivity index (χ1n) is 9.11. The molecule has 1 heterocycles. The minimum absolute atomic E-state index is 0.0449. The van der Waals surface area contributed by atoms with E-state index in [1.165, 1.54) is 30.5 Å². The van der Waals surface area contributed by atoms with Gasteiger partial charge in [0.15, 0.2) is 23.0 Å². The van der Waals surface area contributed by atoms with Crippen molar-refractivity contribution in [2.75, 3.05) is 6.54 Å². The smallest absolute Gasteiger partial charge is 0.360 e. The predicted molar refractivity (Wildman–Crippen MR) is 102 cm³/mol. The number of carboxylic acids is 1. The molecule has 2 aromatic carbocycles. The van der Waals surface area contributed by atoms with Crippen LogP contribution in [0.25, 0.3) is 0 Å². The summed E-state index contributed by atoms with van der Waals surface area (Å²) in [5, 5.41) is 12.3. The Morgan fingerprint density at radius 1 is 1.12 bits per heavy atom. The molecule has 0 aliphatic carbocycles. The number of urea groups is 1. The first-order chi connectivity index (χ1) is 15.4. The van der Waals surface area contributed by atoms with E-state index in [9.17, 15) is 27.6 Å². The minimum atomic E-state index is -4.70. The zero-order valence-corrected chi connectivity index (χ0v) is 16.7. The van der Waals surface area contributed by atoms with E-state index in [0.717, 1.165) is 6.92 Å². The first-order valence-corrected chi connectivity index (χ1v) is 9.11. The Kier molecular flexibility index (Phi) is 5.83. The summed E-state index contributed by atoms with van der Waals surface area (Å²) in [4.78, 5) is 36.8. The number of hydrogen-bond acceptors (Lipinski definition) is 5. The van der Waals surface area contributed by atoms with E-state index in [2.05, 4.69) is 5.10 Å². The van der Waals surface area contributed by atoms with Crippen molar-refractivity contribution in [1.29, 1.82) is 0 Å². The van der Waals surface area contributed by atoms with Crippen molar-refractivity contribution in [2.24, 2.45) is 10.9 Å². The normalized spacial score (nSPS) is 19.1. The number of aliphatic carboxylic acids is 1. The van der Waals surface area contributed by atoms with Crippen molar-refractivity contribution in [3.05, 3.63) is 70.5 Å². The van der Waals surface area contributed by atoms with Gasteiger partial charge in [0.25, 0.3) is 5.91 Å². The molecule has 0 saturated carbocycles. The van der Waals surface area contributed by atoms with Gasteiger partial charge in [-0.1, -0.05) is 24.3 Å². The highest BCUT2D eigenvalue weighted by Gasteiger charge is 2.65. The van der Waals surface area contributed by atoms with Crippen molar-refractivity contribution in [1.82, 2.24) is 9.80 Å². The second-order valence-electron chi connectivity index (χ2n) is 7.14. The van der Waals surface area contributed by atoms with Gasteiger partial charge in [-0.25, -0.2) is 22.9 Å².